The summed E-state index contributed by atoms with van der Waals surface area (Å²) in [6, 6.07) is -0.0417. The highest BCUT2D eigenvalue weighted by molar-refractivity contribution is 4.67. The van der Waals surface area contributed by atoms with Crippen molar-refractivity contribution in [1.29, 1.82) is 0 Å². The van der Waals surface area contributed by atoms with E-state index in [2.05, 4.69) is 0 Å². The molecule has 2 atom stereocenters. The highest BCUT2D eigenvalue weighted by Crippen LogP contribution is 1.97. The van der Waals surface area contributed by atoms with Gasteiger partial charge in [-0.2, -0.15) is 0 Å². The van der Waals surface area contributed by atoms with Crippen LogP contribution in [0.25, 0.3) is 0 Å². The molecule has 1 unspecified atom stereocenters. The Balaban J connectivity index is 3.32. The molecule has 0 heterocycles. The van der Waals surface area contributed by atoms with Gasteiger partial charge in [-0.15, -0.1) is 0 Å². The van der Waals surface area contributed by atoms with E-state index in [9.17, 15) is 0 Å². The van der Waals surface area contributed by atoms with E-state index in [1.165, 1.54) is 0 Å². The lowest BCUT2D eigenvalue weighted by Gasteiger charge is -2.16. The normalized spacial score (nSPS) is 17.3. The summed E-state index contributed by atoms with van der Waals surface area (Å²) in [5.74, 6) is 0. The fourth-order valence-corrected chi connectivity index (χ4v) is 0.559. The average Bonchev–Trinajstić information content (AvgIpc) is 1.87. The summed E-state index contributed by atoms with van der Waals surface area (Å²) in [6.07, 6.45) is 0.645. The fraction of sp³-hybridized carbons (Fsp3) is 1.00. The zero-order valence-corrected chi connectivity index (χ0v) is 6.00. The van der Waals surface area contributed by atoms with Crippen LogP contribution in [0.1, 0.15) is 13.3 Å². The summed E-state index contributed by atoms with van der Waals surface area (Å²) in [7, 11) is 1.61. The fourth-order valence-electron chi connectivity index (χ4n) is 0.559. The van der Waals surface area contributed by atoms with E-state index in [-0.39, 0.29) is 18.8 Å². The molecule has 9 heavy (non-hydrogen) atoms. The van der Waals surface area contributed by atoms with Crippen LogP contribution >= 0.6 is 0 Å². The second-order valence-corrected chi connectivity index (χ2v) is 2.12. The van der Waals surface area contributed by atoms with Crippen molar-refractivity contribution in [2.24, 2.45) is 5.73 Å². The molecule has 0 aliphatic carbocycles. The lowest BCUT2D eigenvalue weighted by Crippen LogP contribution is -2.34. The molecule has 0 saturated carbocycles. The Morgan fingerprint density at radius 1 is 1.67 bits per heavy atom. The Morgan fingerprint density at radius 2 is 2.22 bits per heavy atom. The molecule has 0 aliphatic rings. The number of ether oxygens (including phenoxy) is 1. The largest absolute Gasteiger partial charge is 0.396 e. The molecular weight excluding hydrogens is 118 g/mol. The average molecular weight is 133 g/mol. The van der Waals surface area contributed by atoms with Crippen LogP contribution in [0.3, 0.4) is 0 Å². The van der Waals surface area contributed by atoms with Crippen molar-refractivity contribution in [3.63, 3.8) is 0 Å². The quantitative estimate of drug-likeness (QED) is 0.555. The van der Waals surface area contributed by atoms with E-state index in [4.69, 9.17) is 15.6 Å². The Morgan fingerprint density at radius 3 is 2.56 bits per heavy atom. The molecule has 0 rings (SSSR count). The van der Waals surface area contributed by atoms with Crippen molar-refractivity contribution in [2.75, 3.05) is 13.7 Å². The molecule has 0 aromatic carbocycles. The number of rotatable bonds is 4. The Labute approximate surface area is 55.8 Å². The van der Waals surface area contributed by atoms with Gasteiger partial charge >= 0.3 is 0 Å². The predicted octanol–water partition coefficient (Wildman–Crippen LogP) is -0.269. The summed E-state index contributed by atoms with van der Waals surface area (Å²) in [5, 5.41) is 8.45. The monoisotopic (exact) mass is 133 g/mol. The van der Waals surface area contributed by atoms with Gasteiger partial charge in [0.1, 0.15) is 0 Å². The minimum Gasteiger partial charge on any atom is -0.396 e. The number of nitrogens with two attached hydrogens (primary N) is 1. The van der Waals surface area contributed by atoms with Gasteiger partial charge in [0.05, 0.1) is 6.10 Å². The van der Waals surface area contributed by atoms with Crippen LogP contribution < -0.4 is 5.73 Å². The van der Waals surface area contributed by atoms with Crippen molar-refractivity contribution in [2.45, 2.75) is 25.5 Å². The van der Waals surface area contributed by atoms with E-state index < -0.39 is 0 Å². The zero-order chi connectivity index (χ0) is 7.28. The number of aliphatic hydroxyl groups is 1. The molecule has 0 radical (unpaired) electrons. The van der Waals surface area contributed by atoms with Crippen molar-refractivity contribution in [3.8, 4) is 0 Å². The van der Waals surface area contributed by atoms with Gasteiger partial charge in [0, 0.05) is 19.8 Å². The molecule has 0 amide bonds. The number of hydrogen-bond acceptors (Lipinski definition) is 3. The first-order valence-electron chi connectivity index (χ1n) is 3.11. The Kier molecular flexibility index (Phi) is 4.67. The van der Waals surface area contributed by atoms with E-state index in [1.54, 1.807) is 7.11 Å². The van der Waals surface area contributed by atoms with Crippen LogP contribution in [-0.4, -0.2) is 31.0 Å². The molecular formula is C6H15NO2. The van der Waals surface area contributed by atoms with Gasteiger partial charge in [-0.3, -0.25) is 0 Å². The maximum Gasteiger partial charge on any atom is 0.0694 e. The van der Waals surface area contributed by atoms with E-state index in [1.807, 2.05) is 6.92 Å². The third kappa shape index (κ3) is 3.46. The number of aliphatic hydroxyl groups excluding tert-OH is 1. The lowest BCUT2D eigenvalue weighted by molar-refractivity contribution is 0.0860. The molecule has 0 aromatic rings. The third-order valence-corrected chi connectivity index (χ3v) is 1.44. The first kappa shape index (κ1) is 8.88. The maximum atomic E-state index is 8.45. The van der Waals surface area contributed by atoms with Gasteiger partial charge in [0.15, 0.2) is 0 Å². The predicted molar refractivity (Wildman–Crippen MR) is 36.1 cm³/mol. The van der Waals surface area contributed by atoms with E-state index in [0.29, 0.717) is 6.42 Å². The first-order chi connectivity index (χ1) is 4.22. The van der Waals surface area contributed by atoms with Crippen LogP contribution in [0.4, 0.5) is 0 Å². The second kappa shape index (κ2) is 4.73. The summed E-state index contributed by atoms with van der Waals surface area (Å²) >= 11 is 0. The Hall–Kier alpha value is -0.120. The molecule has 0 bridgehead atoms. The summed E-state index contributed by atoms with van der Waals surface area (Å²) < 4.78 is 4.93. The zero-order valence-electron chi connectivity index (χ0n) is 6.00. The topological polar surface area (TPSA) is 55.5 Å². The first-order valence-corrected chi connectivity index (χ1v) is 3.11. The van der Waals surface area contributed by atoms with Crippen LogP contribution in [0, 0.1) is 0 Å². The van der Waals surface area contributed by atoms with Crippen molar-refractivity contribution in [3.05, 3.63) is 0 Å². The third-order valence-electron chi connectivity index (χ3n) is 1.44. The molecule has 3 N–H and O–H groups in total. The molecule has 3 nitrogen and oxygen atoms in total. The number of hydrogen-bond donors (Lipinski definition) is 2. The van der Waals surface area contributed by atoms with Gasteiger partial charge in [-0.05, 0) is 13.3 Å². The van der Waals surface area contributed by atoms with Gasteiger partial charge < -0.3 is 15.6 Å². The molecule has 0 aromatic heterocycles. The van der Waals surface area contributed by atoms with Crippen molar-refractivity contribution < 1.29 is 9.84 Å². The molecule has 0 fully saturated rings. The van der Waals surface area contributed by atoms with Gasteiger partial charge in [-0.1, -0.05) is 0 Å². The summed E-state index contributed by atoms with van der Waals surface area (Å²) in [5.41, 5.74) is 5.55. The number of methoxy groups -OCH3 is 1. The highest BCUT2D eigenvalue weighted by atomic mass is 16.5. The van der Waals surface area contributed by atoms with Gasteiger partial charge in [0.25, 0.3) is 0 Å². The maximum absolute atomic E-state index is 8.45. The van der Waals surface area contributed by atoms with Crippen LogP contribution in [0.5, 0.6) is 0 Å². The molecule has 0 spiro atoms. The van der Waals surface area contributed by atoms with E-state index in [0.717, 1.165) is 0 Å². The summed E-state index contributed by atoms with van der Waals surface area (Å²) in [6.45, 7) is 2.02. The smallest absolute Gasteiger partial charge is 0.0694 e. The molecule has 56 valence electrons. The Bertz CT molecular complexity index is 68.1. The van der Waals surface area contributed by atoms with Gasteiger partial charge in [-0.25, -0.2) is 0 Å². The van der Waals surface area contributed by atoms with Crippen LogP contribution in [-0.2, 0) is 4.74 Å². The summed E-state index contributed by atoms with van der Waals surface area (Å²) in [4.78, 5) is 0. The van der Waals surface area contributed by atoms with Crippen molar-refractivity contribution in [1.82, 2.24) is 0 Å². The lowest BCUT2D eigenvalue weighted by atomic mass is 10.1. The van der Waals surface area contributed by atoms with Crippen LogP contribution in [0.2, 0.25) is 0 Å². The standard InChI is InChI=1S/C6H15NO2/c1-5(9-2)6(7)3-4-8/h5-6,8H,3-4,7H2,1-2H3/t5-,6?/m1/s1. The van der Waals surface area contributed by atoms with Crippen molar-refractivity contribution >= 4 is 0 Å². The SMILES string of the molecule is CO[C@H](C)C(N)CCO. The second-order valence-electron chi connectivity index (χ2n) is 2.12. The minimum absolute atomic E-state index is 0.0390. The molecule has 0 aliphatic heterocycles. The highest BCUT2D eigenvalue weighted by Gasteiger charge is 2.09. The minimum atomic E-state index is -0.0417. The van der Waals surface area contributed by atoms with Gasteiger partial charge in [0.2, 0.25) is 0 Å². The molecule has 3 heteroatoms. The van der Waals surface area contributed by atoms with E-state index >= 15 is 0 Å². The molecule has 0 saturated heterocycles. The van der Waals surface area contributed by atoms with Crippen LogP contribution in [0.15, 0.2) is 0 Å².